The van der Waals surface area contributed by atoms with E-state index in [-0.39, 0.29) is 11.5 Å². The predicted molar refractivity (Wildman–Crippen MR) is 120 cm³/mol. The third kappa shape index (κ3) is 10.4. The van der Waals surface area contributed by atoms with Crippen molar-refractivity contribution in [2.24, 2.45) is 5.92 Å². The molecular formula is C24H34O7. The topological polar surface area (TPSA) is 91.3 Å². The summed E-state index contributed by atoms with van der Waals surface area (Å²) in [6, 6.07) is 3.51. The molecule has 1 aromatic rings. The van der Waals surface area contributed by atoms with E-state index in [2.05, 4.69) is 31.7 Å². The van der Waals surface area contributed by atoms with E-state index in [0.29, 0.717) is 43.4 Å². The highest BCUT2D eigenvalue weighted by Crippen LogP contribution is 2.38. The van der Waals surface area contributed by atoms with E-state index in [1.54, 1.807) is 19.2 Å². The third-order valence-corrected chi connectivity index (χ3v) is 4.10. The van der Waals surface area contributed by atoms with E-state index in [1.165, 1.54) is 0 Å². The van der Waals surface area contributed by atoms with Crippen LogP contribution in [0.2, 0.25) is 0 Å². The molecule has 1 N–H and O–H groups in total. The average Bonchev–Trinajstić information content (AvgIpc) is 2.72. The highest BCUT2D eigenvalue weighted by atomic mass is 16.5. The van der Waals surface area contributed by atoms with Gasteiger partial charge in [0.1, 0.15) is 23.4 Å². The second kappa shape index (κ2) is 15.6. The number of rotatable bonds is 13. The van der Waals surface area contributed by atoms with E-state index < -0.39 is 6.10 Å². The number of methoxy groups -OCH3 is 1. The fraction of sp³-hybridized carbons (Fsp3) is 0.417. The predicted octanol–water partition coefficient (Wildman–Crippen LogP) is 5.35. The summed E-state index contributed by atoms with van der Waals surface area (Å²) in [5, 5.41) is 9.30. The van der Waals surface area contributed by atoms with E-state index >= 15 is 0 Å². The average molecular weight is 435 g/mol. The van der Waals surface area contributed by atoms with Gasteiger partial charge in [-0.25, -0.2) is 0 Å². The van der Waals surface area contributed by atoms with Crippen LogP contribution in [0.3, 0.4) is 0 Å². The van der Waals surface area contributed by atoms with Crippen molar-refractivity contribution < 1.29 is 33.6 Å². The van der Waals surface area contributed by atoms with Crippen molar-refractivity contribution in [2.75, 3.05) is 13.7 Å². The molecular weight excluding hydrogens is 400 g/mol. The minimum absolute atomic E-state index is 0.0609. The van der Waals surface area contributed by atoms with Gasteiger partial charge in [0.05, 0.1) is 13.7 Å². The summed E-state index contributed by atoms with van der Waals surface area (Å²) in [4.78, 5) is 20.3. The Labute approximate surface area is 185 Å². The molecule has 0 saturated heterocycles. The van der Waals surface area contributed by atoms with Gasteiger partial charge in [0.15, 0.2) is 5.76 Å². The van der Waals surface area contributed by atoms with E-state index in [0.717, 1.165) is 17.5 Å². The molecule has 0 aliphatic heterocycles. The molecule has 0 bridgehead atoms. The van der Waals surface area contributed by atoms with Crippen LogP contribution in [0, 0.1) is 12.8 Å². The zero-order valence-electron chi connectivity index (χ0n) is 19.1. The van der Waals surface area contributed by atoms with Crippen LogP contribution in [-0.2, 0) is 19.1 Å². The highest BCUT2D eigenvalue weighted by molar-refractivity contribution is 5.52. The summed E-state index contributed by atoms with van der Waals surface area (Å²) in [6.45, 7) is 16.2. The van der Waals surface area contributed by atoms with Crippen LogP contribution in [0.4, 0.5) is 0 Å². The number of benzene rings is 1. The van der Waals surface area contributed by atoms with E-state index in [9.17, 15) is 14.7 Å². The first-order valence-corrected chi connectivity index (χ1v) is 9.91. The summed E-state index contributed by atoms with van der Waals surface area (Å²) in [6.07, 6.45) is 4.97. The van der Waals surface area contributed by atoms with Crippen LogP contribution in [0.5, 0.6) is 11.5 Å². The normalized spacial score (nSPS) is 11.2. The Hall–Kier alpha value is -3.22. The first-order valence-electron chi connectivity index (χ1n) is 9.91. The summed E-state index contributed by atoms with van der Waals surface area (Å²) < 4.78 is 20.6. The third-order valence-electron chi connectivity index (χ3n) is 4.10. The lowest BCUT2D eigenvalue weighted by atomic mass is 9.96. The fourth-order valence-electron chi connectivity index (χ4n) is 2.62. The summed E-state index contributed by atoms with van der Waals surface area (Å²) >= 11 is 0. The van der Waals surface area contributed by atoms with Crippen LogP contribution >= 0.6 is 0 Å². The molecule has 0 radical (unpaired) electrons. The molecule has 1 rings (SSSR count). The Kier molecular flexibility index (Phi) is 14.0. The van der Waals surface area contributed by atoms with Gasteiger partial charge in [-0.1, -0.05) is 39.2 Å². The maximum absolute atomic E-state index is 10.8. The Balaban J connectivity index is 0.000000954. The van der Waals surface area contributed by atoms with Crippen molar-refractivity contribution in [3.63, 3.8) is 0 Å². The molecule has 0 saturated carbocycles. The molecule has 0 amide bonds. The number of carbonyl (C=O) groups excluding carboxylic acids is 2. The van der Waals surface area contributed by atoms with Gasteiger partial charge in [-0.3, -0.25) is 9.59 Å². The molecule has 0 heterocycles. The molecule has 7 heteroatoms. The van der Waals surface area contributed by atoms with Gasteiger partial charge in [0.25, 0.3) is 12.9 Å². The fourth-order valence-corrected chi connectivity index (χ4v) is 2.62. The second-order valence-corrected chi connectivity index (χ2v) is 6.96. The van der Waals surface area contributed by atoms with Crippen LogP contribution in [0.1, 0.15) is 50.8 Å². The summed E-state index contributed by atoms with van der Waals surface area (Å²) in [5.74, 6) is 1.23. The van der Waals surface area contributed by atoms with Crippen molar-refractivity contribution in [3.05, 3.63) is 60.1 Å². The molecule has 1 aromatic carbocycles. The Morgan fingerprint density at radius 2 is 1.87 bits per heavy atom. The van der Waals surface area contributed by atoms with Gasteiger partial charge >= 0.3 is 0 Å². The molecule has 1 atom stereocenters. The lowest BCUT2D eigenvalue weighted by molar-refractivity contribution is -0.134. The molecule has 0 fully saturated rings. The number of allylic oxidation sites excluding steroid dienone is 1. The number of aliphatic hydroxyl groups is 1. The molecule has 7 nitrogen and oxygen atoms in total. The first kappa shape index (κ1) is 27.8. The molecule has 172 valence electrons. The van der Waals surface area contributed by atoms with Gasteiger partial charge in [0, 0.05) is 11.1 Å². The smallest absolute Gasteiger partial charge is 0.293 e. The molecule has 1 unspecified atom stereocenters. The van der Waals surface area contributed by atoms with Crippen molar-refractivity contribution in [1.82, 2.24) is 0 Å². The maximum Gasteiger partial charge on any atom is 0.293 e. The number of hydrogen-bond acceptors (Lipinski definition) is 7. The van der Waals surface area contributed by atoms with Gasteiger partial charge < -0.3 is 24.1 Å². The van der Waals surface area contributed by atoms with Gasteiger partial charge in [-0.15, -0.1) is 0 Å². The largest absolute Gasteiger partial charge is 0.505 e. The van der Waals surface area contributed by atoms with Crippen molar-refractivity contribution >= 4 is 12.9 Å². The lowest BCUT2D eigenvalue weighted by Gasteiger charge is -2.22. The van der Waals surface area contributed by atoms with E-state index in [4.69, 9.17) is 14.2 Å². The number of aliphatic hydroxyl groups excluding tert-OH is 1. The quantitative estimate of drug-likeness (QED) is 0.147. The SMILES string of the molecule is C/C=C/CCOC=O.C=C(O)C(=C)Oc1ccc(C(CC(C)C)OC=O)c(OC)c1C. The number of hydrogen-bond donors (Lipinski definition) is 1. The highest BCUT2D eigenvalue weighted by Gasteiger charge is 2.22. The monoisotopic (exact) mass is 434 g/mol. The maximum atomic E-state index is 10.8. The Bertz CT molecular complexity index is 751. The Morgan fingerprint density at radius 1 is 1.19 bits per heavy atom. The Morgan fingerprint density at radius 3 is 2.35 bits per heavy atom. The van der Waals surface area contributed by atoms with Gasteiger partial charge in [-0.2, -0.15) is 0 Å². The minimum Gasteiger partial charge on any atom is -0.505 e. The minimum atomic E-state index is -0.397. The summed E-state index contributed by atoms with van der Waals surface area (Å²) in [7, 11) is 1.54. The summed E-state index contributed by atoms with van der Waals surface area (Å²) in [5.41, 5.74) is 1.49. The van der Waals surface area contributed by atoms with Crippen LogP contribution in [-0.4, -0.2) is 31.8 Å². The van der Waals surface area contributed by atoms with E-state index in [1.807, 2.05) is 26.0 Å². The molecule has 0 spiro atoms. The van der Waals surface area contributed by atoms with Crippen LogP contribution in [0.25, 0.3) is 0 Å². The number of carbonyl (C=O) groups is 2. The van der Waals surface area contributed by atoms with Gasteiger partial charge in [0.2, 0.25) is 0 Å². The van der Waals surface area contributed by atoms with Crippen molar-refractivity contribution in [3.8, 4) is 11.5 Å². The van der Waals surface area contributed by atoms with Crippen LogP contribution < -0.4 is 9.47 Å². The molecule has 0 aliphatic rings. The lowest BCUT2D eigenvalue weighted by Crippen LogP contribution is -2.10. The molecule has 0 aromatic heterocycles. The van der Waals surface area contributed by atoms with Gasteiger partial charge in [-0.05, 0) is 44.7 Å². The zero-order chi connectivity index (χ0) is 23.8. The number of ether oxygens (including phenoxy) is 4. The van der Waals surface area contributed by atoms with Crippen molar-refractivity contribution in [2.45, 2.75) is 46.6 Å². The van der Waals surface area contributed by atoms with Crippen molar-refractivity contribution in [1.29, 1.82) is 0 Å². The van der Waals surface area contributed by atoms with Crippen LogP contribution in [0.15, 0.2) is 49.0 Å². The zero-order valence-corrected chi connectivity index (χ0v) is 19.1. The standard InChI is InChI=1S/C18H24O5.C6H10O2/c1-11(2)9-17(22-10-19)15-7-8-16(12(3)18(15)21-6)23-14(5)13(4)20;1-2-3-4-5-8-6-7/h7-8,10-11,17,20H,4-5,9H2,1-3,6H3;2-3,6H,4-5H2,1H3/b;3-2+. The first-order chi connectivity index (χ1) is 14.7. The molecule has 0 aliphatic carbocycles. The second-order valence-electron chi connectivity index (χ2n) is 6.96. The molecule has 31 heavy (non-hydrogen) atoms.